The summed E-state index contributed by atoms with van der Waals surface area (Å²) < 4.78 is 37.4. The van der Waals surface area contributed by atoms with Crippen molar-refractivity contribution in [3.63, 3.8) is 0 Å². The number of benzene rings is 1. The normalized spacial score (nSPS) is 11.1. The molecule has 1 aromatic heterocycles. The number of aromatic nitrogens is 1. The monoisotopic (exact) mass is 277 g/mol. The van der Waals surface area contributed by atoms with Gasteiger partial charge in [0.15, 0.2) is 0 Å². The van der Waals surface area contributed by atoms with Gasteiger partial charge in [0.1, 0.15) is 5.82 Å². The fraction of sp³-hybridized carbons (Fsp3) is 0.143. The van der Waals surface area contributed by atoms with Gasteiger partial charge in [-0.25, -0.2) is 4.98 Å². The van der Waals surface area contributed by atoms with E-state index in [1.807, 2.05) is 6.07 Å². The van der Waals surface area contributed by atoms with Crippen LogP contribution in [0.2, 0.25) is 0 Å². The molecule has 1 aromatic carbocycles. The number of rotatable bonds is 2. The minimum absolute atomic E-state index is 0.104. The highest BCUT2D eigenvalue weighted by molar-refractivity contribution is 5.65. The number of hydrogen-bond donors (Lipinski definition) is 1. The van der Waals surface area contributed by atoms with Crippen LogP contribution in [0.5, 0.6) is 0 Å². The van der Waals surface area contributed by atoms with E-state index in [1.165, 1.54) is 18.3 Å². The van der Waals surface area contributed by atoms with Crippen molar-refractivity contribution < 1.29 is 13.2 Å². The van der Waals surface area contributed by atoms with Gasteiger partial charge in [-0.3, -0.25) is 0 Å². The molecule has 0 radical (unpaired) electrons. The number of pyridine rings is 1. The van der Waals surface area contributed by atoms with Gasteiger partial charge in [-0.15, -0.1) is 0 Å². The second kappa shape index (κ2) is 5.21. The van der Waals surface area contributed by atoms with Crippen LogP contribution in [0, 0.1) is 11.3 Å². The molecule has 0 aliphatic rings. The Morgan fingerprint density at radius 2 is 1.80 bits per heavy atom. The number of nitrogen functional groups attached to an aromatic ring is 1. The first-order valence-electron chi connectivity index (χ1n) is 5.71. The zero-order chi connectivity index (χ0) is 14.8. The van der Waals surface area contributed by atoms with E-state index < -0.39 is 11.7 Å². The van der Waals surface area contributed by atoms with E-state index in [4.69, 9.17) is 11.0 Å². The van der Waals surface area contributed by atoms with Crippen molar-refractivity contribution in [2.75, 3.05) is 5.73 Å². The molecule has 0 atom stereocenters. The van der Waals surface area contributed by atoms with Crippen molar-refractivity contribution in [2.45, 2.75) is 12.6 Å². The van der Waals surface area contributed by atoms with Gasteiger partial charge in [-0.2, -0.15) is 18.4 Å². The SMILES string of the molecule is N#CCc1cc(-c2ccc(C(F)(F)F)cc2)cnc1N. The molecule has 2 aromatic rings. The van der Waals surface area contributed by atoms with Gasteiger partial charge >= 0.3 is 6.18 Å². The number of nitrogens with two attached hydrogens (primary N) is 1. The Labute approximate surface area is 113 Å². The highest BCUT2D eigenvalue weighted by atomic mass is 19.4. The fourth-order valence-electron chi connectivity index (χ4n) is 1.76. The summed E-state index contributed by atoms with van der Waals surface area (Å²) in [5, 5.41) is 8.67. The van der Waals surface area contributed by atoms with Gasteiger partial charge in [-0.1, -0.05) is 12.1 Å². The van der Waals surface area contributed by atoms with Crippen LogP contribution in [0.3, 0.4) is 0 Å². The molecule has 6 heteroatoms. The van der Waals surface area contributed by atoms with Crippen molar-refractivity contribution in [3.05, 3.63) is 47.7 Å². The molecule has 0 aliphatic heterocycles. The number of halogens is 3. The molecule has 0 fully saturated rings. The largest absolute Gasteiger partial charge is 0.416 e. The van der Waals surface area contributed by atoms with Crippen LogP contribution in [-0.4, -0.2) is 4.98 Å². The standard InChI is InChI=1S/C14H10F3N3/c15-14(16,17)12-3-1-9(2-4-12)11-7-10(5-6-18)13(19)20-8-11/h1-4,7-8H,5H2,(H2,19,20). The second-order valence-corrected chi connectivity index (χ2v) is 4.18. The van der Waals surface area contributed by atoms with E-state index in [0.29, 0.717) is 16.7 Å². The van der Waals surface area contributed by atoms with Gasteiger partial charge in [0, 0.05) is 17.3 Å². The lowest BCUT2D eigenvalue weighted by Crippen LogP contribution is -2.04. The summed E-state index contributed by atoms with van der Waals surface area (Å²) >= 11 is 0. The molecule has 0 amide bonds. The van der Waals surface area contributed by atoms with E-state index in [2.05, 4.69) is 4.98 Å². The van der Waals surface area contributed by atoms with Crippen molar-refractivity contribution in [2.24, 2.45) is 0 Å². The van der Waals surface area contributed by atoms with E-state index in [9.17, 15) is 13.2 Å². The fourth-order valence-corrected chi connectivity index (χ4v) is 1.76. The molecule has 0 unspecified atom stereocenters. The highest BCUT2D eigenvalue weighted by Gasteiger charge is 2.29. The number of nitrogens with zero attached hydrogens (tertiary/aromatic N) is 2. The van der Waals surface area contributed by atoms with Crippen LogP contribution >= 0.6 is 0 Å². The average Bonchev–Trinajstić information content (AvgIpc) is 2.41. The van der Waals surface area contributed by atoms with E-state index in [-0.39, 0.29) is 12.2 Å². The van der Waals surface area contributed by atoms with E-state index >= 15 is 0 Å². The molecule has 0 spiro atoms. The van der Waals surface area contributed by atoms with Crippen LogP contribution in [-0.2, 0) is 12.6 Å². The lowest BCUT2D eigenvalue weighted by atomic mass is 10.0. The van der Waals surface area contributed by atoms with Gasteiger partial charge in [-0.05, 0) is 23.8 Å². The van der Waals surface area contributed by atoms with Crippen LogP contribution in [0.25, 0.3) is 11.1 Å². The molecule has 3 nitrogen and oxygen atoms in total. The number of alkyl halides is 3. The maximum Gasteiger partial charge on any atom is 0.416 e. The van der Waals surface area contributed by atoms with Crippen molar-refractivity contribution in [1.82, 2.24) is 4.98 Å². The topological polar surface area (TPSA) is 62.7 Å². The minimum Gasteiger partial charge on any atom is -0.383 e. The molecule has 0 saturated heterocycles. The molecule has 102 valence electrons. The first kappa shape index (κ1) is 13.9. The maximum atomic E-state index is 12.5. The summed E-state index contributed by atoms with van der Waals surface area (Å²) in [6, 6.07) is 8.38. The summed E-state index contributed by atoms with van der Waals surface area (Å²) in [6.07, 6.45) is -2.78. The average molecular weight is 277 g/mol. The predicted molar refractivity (Wildman–Crippen MR) is 68.4 cm³/mol. The molecular formula is C14H10F3N3. The van der Waals surface area contributed by atoms with E-state index in [1.54, 1.807) is 6.07 Å². The minimum atomic E-state index is -4.36. The molecule has 0 saturated carbocycles. The Morgan fingerprint density at radius 3 is 2.35 bits per heavy atom. The summed E-state index contributed by atoms with van der Waals surface area (Å²) in [6.45, 7) is 0. The van der Waals surface area contributed by atoms with Crippen LogP contribution in [0.1, 0.15) is 11.1 Å². The smallest absolute Gasteiger partial charge is 0.383 e. The van der Waals surface area contributed by atoms with Gasteiger partial charge < -0.3 is 5.73 Å². The van der Waals surface area contributed by atoms with E-state index in [0.717, 1.165) is 12.1 Å². The Hall–Kier alpha value is -2.55. The Bertz CT molecular complexity index is 655. The third-order valence-corrected chi connectivity index (χ3v) is 2.82. The summed E-state index contributed by atoms with van der Waals surface area (Å²) in [5.74, 6) is 0.252. The van der Waals surface area contributed by atoms with Gasteiger partial charge in [0.2, 0.25) is 0 Å². The van der Waals surface area contributed by atoms with Crippen molar-refractivity contribution >= 4 is 5.82 Å². The quantitative estimate of drug-likeness (QED) is 0.914. The molecule has 0 bridgehead atoms. The Kier molecular flexibility index (Phi) is 3.61. The molecule has 2 rings (SSSR count). The maximum absolute atomic E-state index is 12.5. The van der Waals surface area contributed by atoms with Crippen LogP contribution in [0.15, 0.2) is 36.5 Å². The first-order valence-corrected chi connectivity index (χ1v) is 5.71. The summed E-state index contributed by atoms with van der Waals surface area (Å²) in [4.78, 5) is 3.95. The summed E-state index contributed by atoms with van der Waals surface area (Å²) in [5.41, 5.74) is 6.69. The van der Waals surface area contributed by atoms with Gasteiger partial charge in [0.25, 0.3) is 0 Å². The highest BCUT2D eigenvalue weighted by Crippen LogP contribution is 2.31. The third-order valence-electron chi connectivity index (χ3n) is 2.82. The number of anilines is 1. The Balaban J connectivity index is 2.37. The number of hydrogen-bond acceptors (Lipinski definition) is 3. The lowest BCUT2D eigenvalue weighted by Gasteiger charge is -2.09. The first-order chi connectivity index (χ1) is 9.41. The van der Waals surface area contributed by atoms with Gasteiger partial charge in [0.05, 0.1) is 18.1 Å². The lowest BCUT2D eigenvalue weighted by molar-refractivity contribution is -0.137. The third kappa shape index (κ3) is 2.88. The zero-order valence-electron chi connectivity index (χ0n) is 10.3. The van der Waals surface area contributed by atoms with Crippen molar-refractivity contribution in [1.29, 1.82) is 5.26 Å². The molecule has 0 aliphatic carbocycles. The second-order valence-electron chi connectivity index (χ2n) is 4.18. The van der Waals surface area contributed by atoms with Crippen molar-refractivity contribution in [3.8, 4) is 17.2 Å². The molecule has 1 heterocycles. The molecular weight excluding hydrogens is 267 g/mol. The van der Waals surface area contributed by atoms with Crippen LogP contribution < -0.4 is 5.73 Å². The predicted octanol–water partition coefficient (Wildman–Crippen LogP) is 3.42. The number of nitriles is 1. The zero-order valence-corrected chi connectivity index (χ0v) is 10.3. The van der Waals surface area contributed by atoms with Crippen LogP contribution in [0.4, 0.5) is 19.0 Å². The Morgan fingerprint density at radius 1 is 1.15 bits per heavy atom. The molecule has 2 N–H and O–H groups in total. The molecule has 20 heavy (non-hydrogen) atoms. The summed E-state index contributed by atoms with van der Waals surface area (Å²) in [7, 11) is 0.